The van der Waals surface area contributed by atoms with Crippen molar-refractivity contribution in [2.45, 2.75) is 161 Å². The van der Waals surface area contributed by atoms with Gasteiger partial charge in [0.15, 0.2) is 0 Å². The van der Waals surface area contributed by atoms with Crippen molar-refractivity contribution in [2.75, 3.05) is 6.61 Å². The molecule has 2 atom stereocenters. The minimum atomic E-state index is -0.853. The van der Waals surface area contributed by atoms with Crippen LogP contribution in [0.2, 0.25) is 0 Å². The van der Waals surface area contributed by atoms with Gasteiger partial charge in [0.2, 0.25) is 5.91 Å². The number of hydrogen-bond donors (Lipinski definition) is 3. The lowest BCUT2D eigenvalue weighted by Crippen LogP contribution is -2.45. The fourth-order valence-corrected chi connectivity index (χ4v) is 4.31. The summed E-state index contributed by atoms with van der Waals surface area (Å²) in [5.74, 6) is -0.0787. The number of nitrogens with one attached hydrogen (secondary N) is 1. The van der Waals surface area contributed by atoms with Crippen LogP contribution in [-0.2, 0) is 4.79 Å². The van der Waals surface area contributed by atoms with Crippen LogP contribution in [0.3, 0.4) is 0 Å². The number of hydrogen-bond acceptors (Lipinski definition) is 3. The average Bonchev–Trinajstić information content (AvgIpc) is 2.86. The van der Waals surface area contributed by atoms with Gasteiger partial charge in [0.25, 0.3) is 0 Å². The second-order valence-corrected chi connectivity index (χ2v) is 10.2. The number of amides is 1. The molecule has 0 aromatic rings. The molecule has 0 aliphatic rings. The highest BCUT2D eigenvalue weighted by Gasteiger charge is 2.17. The van der Waals surface area contributed by atoms with Gasteiger partial charge in [-0.3, -0.25) is 4.79 Å². The lowest BCUT2D eigenvalue weighted by atomic mass is 10.0. The van der Waals surface area contributed by atoms with Crippen molar-refractivity contribution in [3.05, 3.63) is 24.3 Å². The first kappa shape index (κ1) is 33.9. The second-order valence-electron chi connectivity index (χ2n) is 10.2. The number of aliphatic hydroxyl groups is 2. The first-order valence-electron chi connectivity index (χ1n) is 15.1. The summed E-state index contributed by atoms with van der Waals surface area (Å²) < 4.78 is 0. The van der Waals surface area contributed by atoms with E-state index in [0.29, 0.717) is 6.42 Å². The Morgan fingerprint density at radius 2 is 1.11 bits per heavy atom. The summed E-state index contributed by atoms with van der Waals surface area (Å²) >= 11 is 0. The molecule has 0 aromatic heterocycles. The number of aliphatic hydroxyl groups excluding tert-OH is 2. The van der Waals surface area contributed by atoms with E-state index in [2.05, 4.69) is 31.3 Å². The van der Waals surface area contributed by atoms with Gasteiger partial charge in [0, 0.05) is 6.42 Å². The summed E-state index contributed by atoms with van der Waals surface area (Å²) in [6.07, 6.45) is 32.4. The lowest BCUT2D eigenvalue weighted by molar-refractivity contribution is -0.123. The molecule has 0 aromatic carbocycles. The van der Waals surface area contributed by atoms with E-state index in [1.807, 2.05) is 6.08 Å². The number of allylic oxidation sites excluding steroid dienone is 3. The molecule has 0 heterocycles. The van der Waals surface area contributed by atoms with Crippen LogP contribution in [0.25, 0.3) is 0 Å². The average molecular weight is 494 g/mol. The van der Waals surface area contributed by atoms with Gasteiger partial charge in [-0.2, -0.15) is 0 Å². The molecule has 0 bridgehead atoms. The Balaban J connectivity index is 3.75. The molecule has 0 radical (unpaired) electrons. The number of carbonyl (C=O) groups is 1. The topological polar surface area (TPSA) is 69.6 Å². The van der Waals surface area contributed by atoms with Gasteiger partial charge in [-0.15, -0.1) is 0 Å². The van der Waals surface area contributed by atoms with Crippen LogP contribution < -0.4 is 5.32 Å². The molecule has 0 aliphatic carbocycles. The summed E-state index contributed by atoms with van der Waals surface area (Å²) in [5, 5.41) is 22.7. The highest BCUT2D eigenvalue weighted by molar-refractivity contribution is 5.76. The summed E-state index contributed by atoms with van der Waals surface area (Å²) in [7, 11) is 0. The van der Waals surface area contributed by atoms with Crippen LogP contribution in [0.15, 0.2) is 24.3 Å². The van der Waals surface area contributed by atoms with Crippen molar-refractivity contribution in [3.8, 4) is 0 Å². The summed E-state index contributed by atoms with van der Waals surface area (Å²) in [4.78, 5) is 12.2. The van der Waals surface area contributed by atoms with E-state index in [1.54, 1.807) is 6.08 Å². The Morgan fingerprint density at radius 1 is 0.657 bits per heavy atom. The molecule has 4 heteroatoms. The molecule has 0 aliphatic heterocycles. The Bertz CT molecular complexity index is 503. The molecular weight excluding hydrogens is 434 g/mol. The predicted molar refractivity (Wildman–Crippen MR) is 152 cm³/mol. The Hall–Kier alpha value is -1.13. The quantitative estimate of drug-likeness (QED) is 0.0840. The highest BCUT2D eigenvalue weighted by atomic mass is 16.3. The Morgan fingerprint density at radius 3 is 1.66 bits per heavy atom. The van der Waals surface area contributed by atoms with Crippen molar-refractivity contribution in [1.82, 2.24) is 5.32 Å². The third kappa shape index (κ3) is 24.3. The third-order valence-electron chi connectivity index (χ3n) is 6.69. The predicted octanol–water partition coefficient (Wildman–Crippen LogP) is 8.17. The molecule has 0 spiro atoms. The molecule has 206 valence electrons. The smallest absolute Gasteiger partial charge is 0.220 e. The van der Waals surface area contributed by atoms with E-state index < -0.39 is 12.1 Å². The summed E-state index contributed by atoms with van der Waals surface area (Å²) in [6, 6.07) is -0.630. The van der Waals surface area contributed by atoms with E-state index in [4.69, 9.17) is 0 Å². The van der Waals surface area contributed by atoms with E-state index in [0.717, 1.165) is 32.1 Å². The summed E-state index contributed by atoms with van der Waals surface area (Å²) in [5.41, 5.74) is 0. The molecular formula is C31H59NO3. The monoisotopic (exact) mass is 493 g/mol. The van der Waals surface area contributed by atoms with Crippen molar-refractivity contribution < 1.29 is 15.0 Å². The van der Waals surface area contributed by atoms with Crippen LogP contribution >= 0.6 is 0 Å². The fourth-order valence-electron chi connectivity index (χ4n) is 4.31. The lowest BCUT2D eigenvalue weighted by Gasteiger charge is -2.19. The Labute approximate surface area is 218 Å². The molecule has 1 amide bonds. The number of rotatable bonds is 26. The van der Waals surface area contributed by atoms with E-state index in [9.17, 15) is 15.0 Å². The van der Waals surface area contributed by atoms with Crippen LogP contribution in [0, 0.1) is 0 Å². The summed E-state index contributed by atoms with van der Waals surface area (Å²) in [6.45, 7) is 4.24. The molecule has 3 N–H and O–H groups in total. The first-order valence-corrected chi connectivity index (χ1v) is 15.1. The fraction of sp³-hybridized carbons (Fsp3) is 0.839. The number of carbonyl (C=O) groups excluding carboxylic acids is 1. The number of unbranched alkanes of at least 4 members (excludes halogenated alkanes) is 17. The molecule has 0 saturated heterocycles. The zero-order valence-electron chi connectivity index (χ0n) is 23.3. The standard InChI is InChI=1S/C31H59NO3/c1-3-5-7-9-11-13-15-17-18-20-22-24-26-30(34)29(28-33)32-31(35)27-25-23-21-19-16-14-12-10-8-6-4-2/h17-18,24,26,29-30,33-34H,3-16,19-23,25,27-28H2,1-2H3,(H,32,35)/b18-17+,26-24+. The van der Waals surface area contributed by atoms with Gasteiger partial charge in [0.05, 0.1) is 18.8 Å². The van der Waals surface area contributed by atoms with Crippen molar-refractivity contribution >= 4 is 5.91 Å². The molecule has 0 saturated carbocycles. The van der Waals surface area contributed by atoms with Crippen LogP contribution in [-0.4, -0.2) is 34.9 Å². The van der Waals surface area contributed by atoms with Gasteiger partial charge < -0.3 is 15.5 Å². The minimum absolute atomic E-state index is 0.0787. The van der Waals surface area contributed by atoms with Crippen molar-refractivity contribution in [3.63, 3.8) is 0 Å². The molecule has 0 rings (SSSR count). The molecule has 4 nitrogen and oxygen atoms in total. The van der Waals surface area contributed by atoms with Gasteiger partial charge in [0.1, 0.15) is 0 Å². The molecule has 2 unspecified atom stereocenters. The maximum absolute atomic E-state index is 12.2. The zero-order valence-corrected chi connectivity index (χ0v) is 23.3. The van der Waals surface area contributed by atoms with Gasteiger partial charge in [-0.1, -0.05) is 134 Å². The molecule has 0 fully saturated rings. The normalized spacial score (nSPS) is 13.6. The first-order chi connectivity index (χ1) is 17.2. The van der Waals surface area contributed by atoms with Crippen molar-refractivity contribution in [2.24, 2.45) is 0 Å². The highest BCUT2D eigenvalue weighted by Crippen LogP contribution is 2.12. The van der Waals surface area contributed by atoms with Crippen LogP contribution in [0.5, 0.6) is 0 Å². The van der Waals surface area contributed by atoms with Gasteiger partial charge in [-0.25, -0.2) is 0 Å². The minimum Gasteiger partial charge on any atom is -0.394 e. The van der Waals surface area contributed by atoms with Gasteiger partial charge >= 0.3 is 0 Å². The maximum atomic E-state index is 12.2. The van der Waals surface area contributed by atoms with Crippen LogP contribution in [0.1, 0.15) is 149 Å². The SMILES string of the molecule is CCCCCCCC/C=C/CC/C=C/C(O)C(CO)NC(=O)CCCCCCCCCCCCC. The zero-order chi connectivity index (χ0) is 25.8. The maximum Gasteiger partial charge on any atom is 0.220 e. The largest absolute Gasteiger partial charge is 0.394 e. The molecule has 35 heavy (non-hydrogen) atoms. The second kappa shape index (κ2) is 27.5. The van der Waals surface area contributed by atoms with E-state index >= 15 is 0 Å². The van der Waals surface area contributed by atoms with E-state index in [-0.39, 0.29) is 12.5 Å². The Kier molecular flexibility index (Phi) is 26.6. The van der Waals surface area contributed by atoms with Crippen LogP contribution in [0.4, 0.5) is 0 Å². The third-order valence-corrected chi connectivity index (χ3v) is 6.69. The van der Waals surface area contributed by atoms with Gasteiger partial charge in [-0.05, 0) is 32.1 Å². The van der Waals surface area contributed by atoms with E-state index in [1.165, 1.54) is 96.3 Å². The van der Waals surface area contributed by atoms with Crippen molar-refractivity contribution in [1.29, 1.82) is 0 Å².